The molecule has 0 aliphatic carbocycles. The van der Waals surface area contributed by atoms with Crippen molar-refractivity contribution in [3.05, 3.63) is 65.2 Å². The van der Waals surface area contributed by atoms with E-state index in [2.05, 4.69) is 6.92 Å². The van der Waals surface area contributed by atoms with E-state index in [1.807, 2.05) is 24.3 Å². The molecule has 28 heavy (non-hydrogen) atoms. The van der Waals surface area contributed by atoms with Gasteiger partial charge in [-0.25, -0.2) is 8.42 Å². The van der Waals surface area contributed by atoms with E-state index in [0.717, 1.165) is 6.42 Å². The number of hydrogen-bond acceptors (Lipinski definition) is 4. The lowest BCUT2D eigenvalue weighted by Gasteiger charge is -2.34. The smallest absolute Gasteiger partial charge is 0.253 e. The zero-order valence-corrected chi connectivity index (χ0v) is 16.9. The Bertz CT molecular complexity index is 958. The molecule has 1 fully saturated rings. The predicted molar refractivity (Wildman–Crippen MR) is 107 cm³/mol. The van der Waals surface area contributed by atoms with Gasteiger partial charge in [-0.2, -0.15) is 4.31 Å². The molecule has 1 amide bonds. The predicted octanol–water partition coefficient (Wildman–Crippen LogP) is 2.60. The highest BCUT2D eigenvalue weighted by molar-refractivity contribution is 7.89. The summed E-state index contributed by atoms with van der Waals surface area (Å²) in [7, 11) is -3.64. The van der Waals surface area contributed by atoms with Gasteiger partial charge < -0.3 is 4.90 Å². The maximum absolute atomic E-state index is 12.8. The van der Waals surface area contributed by atoms with Crippen molar-refractivity contribution in [2.24, 2.45) is 0 Å². The summed E-state index contributed by atoms with van der Waals surface area (Å²) in [6.07, 6.45) is 0.915. The third-order valence-electron chi connectivity index (χ3n) is 5.03. The summed E-state index contributed by atoms with van der Waals surface area (Å²) in [5.74, 6) is -0.187. The number of rotatable bonds is 5. The Morgan fingerprint density at radius 3 is 1.89 bits per heavy atom. The quantitative estimate of drug-likeness (QED) is 0.723. The van der Waals surface area contributed by atoms with Crippen molar-refractivity contribution in [1.29, 1.82) is 0 Å². The first-order valence-electron chi connectivity index (χ1n) is 9.32. The Hall–Kier alpha value is -2.51. The van der Waals surface area contributed by atoms with Crippen LogP contribution in [0, 0.1) is 0 Å². The molecule has 2 aromatic carbocycles. The van der Waals surface area contributed by atoms with Gasteiger partial charge in [-0.1, -0.05) is 31.2 Å². The summed E-state index contributed by atoms with van der Waals surface area (Å²) in [4.78, 5) is 25.9. The second-order valence-corrected chi connectivity index (χ2v) is 8.77. The first kappa shape index (κ1) is 20.2. The van der Waals surface area contributed by atoms with E-state index in [-0.39, 0.29) is 29.7 Å². The first-order valence-corrected chi connectivity index (χ1v) is 10.8. The van der Waals surface area contributed by atoms with Crippen molar-refractivity contribution in [1.82, 2.24) is 9.21 Å². The van der Waals surface area contributed by atoms with Gasteiger partial charge in [0.25, 0.3) is 5.91 Å². The summed E-state index contributed by atoms with van der Waals surface area (Å²) in [6.45, 7) is 4.68. The number of carbonyl (C=O) groups is 2. The van der Waals surface area contributed by atoms with Crippen LogP contribution in [0.2, 0.25) is 0 Å². The second kappa shape index (κ2) is 8.24. The Kier molecular flexibility index (Phi) is 5.96. The Balaban J connectivity index is 1.66. The van der Waals surface area contributed by atoms with Gasteiger partial charge in [-0.3, -0.25) is 9.59 Å². The van der Waals surface area contributed by atoms with Crippen LogP contribution in [0.1, 0.15) is 40.1 Å². The number of carbonyl (C=O) groups excluding carboxylic acids is 2. The summed E-state index contributed by atoms with van der Waals surface area (Å²) in [5.41, 5.74) is 2.26. The lowest BCUT2D eigenvalue weighted by molar-refractivity contribution is 0.0697. The van der Waals surface area contributed by atoms with E-state index >= 15 is 0 Å². The van der Waals surface area contributed by atoms with Crippen molar-refractivity contribution in [2.45, 2.75) is 25.2 Å². The average Bonchev–Trinajstić information content (AvgIpc) is 2.73. The molecule has 0 saturated carbocycles. The fourth-order valence-corrected chi connectivity index (χ4v) is 4.63. The van der Waals surface area contributed by atoms with E-state index in [1.165, 1.54) is 41.1 Å². The Morgan fingerprint density at radius 2 is 1.39 bits per heavy atom. The molecule has 0 bridgehead atoms. The van der Waals surface area contributed by atoms with Gasteiger partial charge in [-0.05, 0) is 43.2 Å². The Labute approximate surface area is 165 Å². The number of benzene rings is 2. The van der Waals surface area contributed by atoms with Crippen LogP contribution in [0.4, 0.5) is 0 Å². The van der Waals surface area contributed by atoms with E-state index in [0.29, 0.717) is 24.2 Å². The molecular weight excluding hydrogens is 376 g/mol. The highest BCUT2D eigenvalue weighted by Crippen LogP contribution is 2.19. The molecule has 0 N–H and O–H groups in total. The Morgan fingerprint density at radius 1 is 0.857 bits per heavy atom. The van der Waals surface area contributed by atoms with E-state index in [9.17, 15) is 18.0 Å². The molecule has 1 saturated heterocycles. The number of nitrogens with zero attached hydrogens (tertiary/aromatic N) is 2. The van der Waals surface area contributed by atoms with Gasteiger partial charge in [0.05, 0.1) is 4.90 Å². The third kappa shape index (κ3) is 4.15. The lowest BCUT2D eigenvalue weighted by Crippen LogP contribution is -2.50. The minimum absolute atomic E-state index is 0.0782. The maximum atomic E-state index is 12.8. The highest BCUT2D eigenvalue weighted by atomic mass is 32.2. The average molecular weight is 401 g/mol. The molecule has 1 aliphatic heterocycles. The van der Waals surface area contributed by atoms with Gasteiger partial charge >= 0.3 is 0 Å². The first-order chi connectivity index (χ1) is 13.3. The molecule has 0 radical (unpaired) electrons. The monoisotopic (exact) mass is 400 g/mol. The topological polar surface area (TPSA) is 74.8 Å². The van der Waals surface area contributed by atoms with Crippen molar-refractivity contribution in [2.75, 3.05) is 26.2 Å². The fraction of sp³-hybridized carbons (Fsp3) is 0.333. The number of hydrogen-bond donors (Lipinski definition) is 0. The molecule has 7 heteroatoms. The zero-order chi connectivity index (χ0) is 20.3. The number of Topliss-reactive ketones (excluding diaryl/α,β-unsaturated/α-hetero) is 1. The molecule has 6 nitrogen and oxygen atoms in total. The SMILES string of the molecule is CCc1ccc(C(=O)N2CCN(S(=O)(=O)c3ccc(C(C)=O)cc3)CC2)cc1. The van der Waals surface area contributed by atoms with E-state index in [4.69, 9.17) is 0 Å². The van der Waals surface area contributed by atoms with Crippen molar-refractivity contribution >= 4 is 21.7 Å². The van der Waals surface area contributed by atoms with Gasteiger partial charge in [-0.15, -0.1) is 0 Å². The van der Waals surface area contributed by atoms with Crippen LogP contribution in [0.15, 0.2) is 53.4 Å². The number of aryl methyl sites for hydroxylation is 1. The van der Waals surface area contributed by atoms with Crippen LogP contribution in [0.3, 0.4) is 0 Å². The van der Waals surface area contributed by atoms with Crippen LogP contribution in [0.25, 0.3) is 0 Å². The molecule has 0 spiro atoms. The van der Waals surface area contributed by atoms with E-state index < -0.39 is 10.0 Å². The molecule has 0 unspecified atom stereocenters. The standard InChI is InChI=1S/C21H24N2O4S/c1-3-17-4-6-19(7-5-17)21(25)22-12-14-23(15-13-22)28(26,27)20-10-8-18(9-11-20)16(2)24/h4-11H,3,12-15H2,1-2H3. The summed E-state index contributed by atoms with van der Waals surface area (Å²) in [6, 6.07) is 13.5. The van der Waals surface area contributed by atoms with Gasteiger partial charge in [0.1, 0.15) is 0 Å². The molecular formula is C21H24N2O4S. The van der Waals surface area contributed by atoms with Gasteiger partial charge in [0.15, 0.2) is 5.78 Å². The minimum atomic E-state index is -3.64. The number of amides is 1. The third-order valence-corrected chi connectivity index (χ3v) is 6.95. The minimum Gasteiger partial charge on any atom is -0.336 e. The van der Waals surface area contributed by atoms with Gasteiger partial charge in [0, 0.05) is 37.3 Å². The highest BCUT2D eigenvalue weighted by Gasteiger charge is 2.30. The lowest BCUT2D eigenvalue weighted by atomic mass is 10.1. The molecule has 1 aliphatic rings. The molecule has 2 aromatic rings. The molecule has 1 heterocycles. The van der Waals surface area contributed by atoms with Crippen molar-refractivity contribution < 1.29 is 18.0 Å². The molecule has 0 atom stereocenters. The number of piperazine rings is 1. The van der Waals surface area contributed by atoms with Crippen molar-refractivity contribution in [3.63, 3.8) is 0 Å². The summed E-state index contributed by atoms with van der Waals surface area (Å²) >= 11 is 0. The van der Waals surface area contributed by atoms with Crippen LogP contribution < -0.4 is 0 Å². The number of sulfonamides is 1. The second-order valence-electron chi connectivity index (χ2n) is 6.83. The molecule has 148 valence electrons. The molecule has 3 rings (SSSR count). The largest absolute Gasteiger partial charge is 0.336 e. The normalized spacial score (nSPS) is 15.4. The summed E-state index contributed by atoms with van der Waals surface area (Å²) in [5, 5.41) is 0. The van der Waals surface area contributed by atoms with Crippen LogP contribution >= 0.6 is 0 Å². The van der Waals surface area contributed by atoms with Gasteiger partial charge in [0.2, 0.25) is 10.0 Å². The van der Waals surface area contributed by atoms with Crippen LogP contribution in [-0.4, -0.2) is 55.5 Å². The fourth-order valence-electron chi connectivity index (χ4n) is 3.21. The van der Waals surface area contributed by atoms with E-state index in [1.54, 1.807) is 4.90 Å². The maximum Gasteiger partial charge on any atom is 0.253 e. The van der Waals surface area contributed by atoms with Crippen LogP contribution in [-0.2, 0) is 16.4 Å². The molecule has 0 aromatic heterocycles. The number of ketones is 1. The van der Waals surface area contributed by atoms with Crippen molar-refractivity contribution in [3.8, 4) is 0 Å². The van der Waals surface area contributed by atoms with Crippen LogP contribution in [0.5, 0.6) is 0 Å². The zero-order valence-electron chi connectivity index (χ0n) is 16.1. The summed E-state index contributed by atoms with van der Waals surface area (Å²) < 4.78 is 27.0.